The second-order valence-corrected chi connectivity index (χ2v) is 10.4. The average molecular weight is 569 g/mol. The van der Waals surface area contributed by atoms with Crippen LogP contribution in [0.15, 0.2) is 48.5 Å². The van der Waals surface area contributed by atoms with Crippen LogP contribution < -0.4 is 15.8 Å². The molecule has 216 valence electrons. The SMILES string of the molecule is CN1CCN(Cc2cc(C(F)(F)F)ccc2Oc2ccc(-c3nc(C[C@H]4CCNC4=O)cc(C(N)=O)n3)cc2)CC1. The molecule has 0 aliphatic carbocycles. The van der Waals surface area contributed by atoms with E-state index in [1.807, 2.05) is 7.05 Å². The molecule has 2 aliphatic heterocycles. The molecule has 1 aromatic heterocycles. The number of alkyl halides is 3. The lowest BCUT2D eigenvalue weighted by molar-refractivity contribution is -0.137. The van der Waals surface area contributed by atoms with Crippen LogP contribution in [0.4, 0.5) is 13.2 Å². The first kappa shape index (κ1) is 28.5. The Morgan fingerprint density at radius 2 is 1.80 bits per heavy atom. The molecule has 0 saturated carbocycles. The third-order valence-electron chi connectivity index (χ3n) is 7.37. The number of amides is 2. The summed E-state index contributed by atoms with van der Waals surface area (Å²) in [7, 11) is 2.02. The quantitative estimate of drug-likeness (QED) is 0.428. The first-order valence-corrected chi connectivity index (χ1v) is 13.4. The van der Waals surface area contributed by atoms with Gasteiger partial charge in [0, 0.05) is 68.4 Å². The molecular weight excluding hydrogens is 537 g/mol. The van der Waals surface area contributed by atoms with E-state index in [1.54, 1.807) is 24.3 Å². The highest BCUT2D eigenvalue weighted by Gasteiger charge is 2.31. The maximum atomic E-state index is 13.5. The van der Waals surface area contributed by atoms with Gasteiger partial charge in [0.15, 0.2) is 5.82 Å². The van der Waals surface area contributed by atoms with Gasteiger partial charge < -0.3 is 20.7 Å². The number of primary amides is 1. The molecule has 0 spiro atoms. The number of aromatic nitrogens is 2. The van der Waals surface area contributed by atoms with E-state index in [0.717, 1.165) is 38.3 Å². The summed E-state index contributed by atoms with van der Waals surface area (Å²) in [5.41, 5.74) is 6.39. The summed E-state index contributed by atoms with van der Waals surface area (Å²) in [5.74, 6) is 0.0313. The van der Waals surface area contributed by atoms with Crippen molar-refractivity contribution in [1.82, 2.24) is 25.1 Å². The summed E-state index contributed by atoms with van der Waals surface area (Å²) in [6, 6.07) is 11.8. The Morgan fingerprint density at radius 3 is 2.44 bits per heavy atom. The van der Waals surface area contributed by atoms with Gasteiger partial charge >= 0.3 is 6.18 Å². The summed E-state index contributed by atoms with van der Waals surface area (Å²) in [6.45, 7) is 4.11. The van der Waals surface area contributed by atoms with Crippen molar-refractivity contribution in [3.05, 3.63) is 71.0 Å². The third-order valence-corrected chi connectivity index (χ3v) is 7.37. The first-order chi connectivity index (χ1) is 19.5. The molecule has 0 unspecified atom stereocenters. The van der Waals surface area contributed by atoms with E-state index in [2.05, 4.69) is 25.1 Å². The number of carbonyl (C=O) groups excluding carboxylic acids is 2. The molecule has 3 heterocycles. The summed E-state index contributed by atoms with van der Waals surface area (Å²) < 4.78 is 46.5. The van der Waals surface area contributed by atoms with Crippen LogP contribution in [0.25, 0.3) is 11.4 Å². The third kappa shape index (κ3) is 7.01. The fraction of sp³-hybridized carbons (Fsp3) is 0.379. The maximum absolute atomic E-state index is 13.5. The van der Waals surface area contributed by atoms with Gasteiger partial charge in [-0.05, 0) is 62.0 Å². The highest BCUT2D eigenvalue weighted by molar-refractivity contribution is 5.91. The lowest BCUT2D eigenvalue weighted by Crippen LogP contribution is -2.43. The molecule has 5 rings (SSSR count). The van der Waals surface area contributed by atoms with E-state index in [1.165, 1.54) is 12.1 Å². The minimum atomic E-state index is -4.46. The largest absolute Gasteiger partial charge is 0.457 e. The number of ether oxygens (including phenoxy) is 1. The predicted molar refractivity (Wildman–Crippen MR) is 145 cm³/mol. The molecule has 9 nitrogen and oxygen atoms in total. The maximum Gasteiger partial charge on any atom is 0.416 e. The van der Waals surface area contributed by atoms with Gasteiger partial charge in [-0.3, -0.25) is 14.5 Å². The number of hydrogen-bond acceptors (Lipinski definition) is 7. The number of halogens is 3. The first-order valence-electron chi connectivity index (χ1n) is 13.4. The van der Waals surface area contributed by atoms with E-state index in [4.69, 9.17) is 10.5 Å². The highest BCUT2D eigenvalue weighted by atomic mass is 19.4. The Hall–Kier alpha value is -4.03. The Kier molecular flexibility index (Phi) is 8.22. The van der Waals surface area contributed by atoms with Gasteiger partial charge in [0.1, 0.15) is 17.2 Å². The number of nitrogens with zero attached hydrogens (tertiary/aromatic N) is 4. The van der Waals surface area contributed by atoms with E-state index in [-0.39, 0.29) is 23.3 Å². The molecule has 2 amide bonds. The van der Waals surface area contributed by atoms with E-state index < -0.39 is 17.6 Å². The summed E-state index contributed by atoms with van der Waals surface area (Å²) in [4.78, 5) is 37.1. The number of carbonyl (C=O) groups is 2. The summed E-state index contributed by atoms with van der Waals surface area (Å²) in [5, 5.41) is 2.79. The van der Waals surface area contributed by atoms with Crippen LogP contribution in [-0.4, -0.2) is 71.4 Å². The van der Waals surface area contributed by atoms with Crippen molar-refractivity contribution in [3.8, 4) is 22.9 Å². The molecule has 1 atom stereocenters. The Labute approximate surface area is 235 Å². The normalized spacial score (nSPS) is 18.3. The fourth-order valence-electron chi connectivity index (χ4n) is 4.97. The molecule has 3 N–H and O–H groups in total. The monoisotopic (exact) mass is 568 g/mol. The number of piperazine rings is 1. The second-order valence-electron chi connectivity index (χ2n) is 10.4. The number of likely N-dealkylation sites (N-methyl/N-ethyl adjacent to an activating group) is 1. The smallest absolute Gasteiger partial charge is 0.416 e. The van der Waals surface area contributed by atoms with Crippen LogP contribution in [0.2, 0.25) is 0 Å². The standard InChI is InChI=1S/C29H31F3N6O3/c1-37-10-12-38(13-11-37)17-20-14-21(29(30,31)32)4-7-25(20)41-23-5-2-18(3-6-23)27-35-22(16-24(36-27)26(33)39)15-19-8-9-34-28(19)40/h2-7,14,16,19H,8-13,15,17H2,1H3,(H2,33,39)(H,34,40)/t19-/m1/s1. The number of benzene rings is 2. The van der Waals surface area contributed by atoms with Crippen LogP contribution in [0, 0.1) is 5.92 Å². The van der Waals surface area contributed by atoms with Crippen LogP contribution >= 0.6 is 0 Å². The number of nitrogens with one attached hydrogen (secondary N) is 1. The lowest BCUT2D eigenvalue weighted by atomic mass is 10.0. The lowest BCUT2D eigenvalue weighted by Gasteiger charge is -2.32. The molecule has 3 aromatic rings. The topological polar surface area (TPSA) is 114 Å². The molecule has 2 aromatic carbocycles. The van der Waals surface area contributed by atoms with Gasteiger partial charge in [0.05, 0.1) is 5.56 Å². The molecular formula is C29H31F3N6O3. The van der Waals surface area contributed by atoms with Crippen molar-refractivity contribution in [2.45, 2.75) is 25.6 Å². The van der Waals surface area contributed by atoms with Crippen LogP contribution in [-0.2, 0) is 23.9 Å². The molecule has 0 radical (unpaired) electrons. The van der Waals surface area contributed by atoms with Crippen molar-refractivity contribution in [1.29, 1.82) is 0 Å². The minimum absolute atomic E-state index is 0.0436. The molecule has 2 fully saturated rings. The van der Waals surface area contributed by atoms with Gasteiger partial charge in [-0.25, -0.2) is 9.97 Å². The number of rotatable bonds is 8. The zero-order valence-corrected chi connectivity index (χ0v) is 22.6. The van der Waals surface area contributed by atoms with Gasteiger partial charge in [-0.1, -0.05) is 0 Å². The second kappa shape index (κ2) is 11.8. The van der Waals surface area contributed by atoms with E-state index >= 15 is 0 Å². The Balaban J connectivity index is 1.37. The number of hydrogen-bond donors (Lipinski definition) is 2. The van der Waals surface area contributed by atoms with Gasteiger partial charge in [-0.15, -0.1) is 0 Å². The molecule has 2 aliphatic rings. The van der Waals surface area contributed by atoms with Crippen LogP contribution in [0.3, 0.4) is 0 Å². The van der Waals surface area contributed by atoms with E-state index in [9.17, 15) is 22.8 Å². The molecule has 2 saturated heterocycles. The average Bonchev–Trinajstić information content (AvgIpc) is 3.34. The van der Waals surface area contributed by atoms with Gasteiger partial charge in [0.2, 0.25) is 5.91 Å². The summed E-state index contributed by atoms with van der Waals surface area (Å²) >= 11 is 0. The van der Waals surface area contributed by atoms with Crippen molar-refractivity contribution in [2.24, 2.45) is 11.7 Å². The highest BCUT2D eigenvalue weighted by Crippen LogP contribution is 2.35. The van der Waals surface area contributed by atoms with Crippen molar-refractivity contribution < 1.29 is 27.5 Å². The zero-order chi connectivity index (χ0) is 29.1. The van der Waals surface area contributed by atoms with Crippen LogP contribution in [0.1, 0.15) is 33.7 Å². The summed E-state index contributed by atoms with van der Waals surface area (Å²) in [6.07, 6.45) is -3.43. The zero-order valence-electron chi connectivity index (χ0n) is 22.6. The van der Waals surface area contributed by atoms with Crippen molar-refractivity contribution in [2.75, 3.05) is 39.8 Å². The molecule has 0 bridgehead atoms. The number of nitrogens with two attached hydrogens (primary N) is 1. The van der Waals surface area contributed by atoms with Crippen molar-refractivity contribution >= 4 is 11.8 Å². The van der Waals surface area contributed by atoms with Crippen molar-refractivity contribution in [3.63, 3.8) is 0 Å². The molecule has 41 heavy (non-hydrogen) atoms. The van der Waals surface area contributed by atoms with Crippen LogP contribution in [0.5, 0.6) is 11.5 Å². The predicted octanol–water partition coefficient (Wildman–Crippen LogP) is 3.48. The fourth-order valence-corrected chi connectivity index (χ4v) is 4.97. The van der Waals surface area contributed by atoms with Gasteiger partial charge in [-0.2, -0.15) is 13.2 Å². The minimum Gasteiger partial charge on any atom is -0.457 e. The van der Waals surface area contributed by atoms with E-state index in [0.29, 0.717) is 54.3 Å². The Morgan fingerprint density at radius 1 is 1.07 bits per heavy atom. The van der Waals surface area contributed by atoms with Gasteiger partial charge in [0.25, 0.3) is 5.91 Å². The Bertz CT molecular complexity index is 1420. The molecule has 12 heteroatoms.